The molecule has 1 unspecified atom stereocenters. The number of hydrogen-bond acceptors (Lipinski definition) is 9. The molecule has 1 atom stereocenters. The molecule has 0 N–H and O–H groups in total. The van der Waals surface area contributed by atoms with Gasteiger partial charge in [-0.1, -0.05) is 29.5 Å². The van der Waals surface area contributed by atoms with Gasteiger partial charge >= 0.3 is 5.97 Å². The highest BCUT2D eigenvalue weighted by molar-refractivity contribution is 7.07. The number of thiazole rings is 1. The Labute approximate surface area is 209 Å². The van der Waals surface area contributed by atoms with Crippen molar-refractivity contribution >= 4 is 29.1 Å². The van der Waals surface area contributed by atoms with Crippen LogP contribution in [0.25, 0.3) is 6.08 Å². The van der Waals surface area contributed by atoms with Gasteiger partial charge in [-0.3, -0.25) is 19.5 Å². The van der Waals surface area contributed by atoms with Crippen molar-refractivity contribution in [3.63, 3.8) is 0 Å². The van der Waals surface area contributed by atoms with E-state index in [0.29, 0.717) is 31.9 Å². The van der Waals surface area contributed by atoms with Gasteiger partial charge in [0.2, 0.25) is 0 Å². The summed E-state index contributed by atoms with van der Waals surface area (Å²) in [6, 6.07) is 12.2. The summed E-state index contributed by atoms with van der Waals surface area (Å²) >= 11 is 1.17. The Morgan fingerprint density at radius 2 is 1.89 bits per heavy atom. The van der Waals surface area contributed by atoms with E-state index in [1.165, 1.54) is 42.3 Å². The minimum absolute atomic E-state index is 0.0444. The van der Waals surface area contributed by atoms with Gasteiger partial charge < -0.3 is 14.2 Å². The molecule has 2 heterocycles. The SMILES string of the molecule is COCCOC(=O)C1=C(C)N=c2sc(=Cc3ccc([N+](=O)[O-])cc3)c(=O)n2C1c1ccccc1OC. The number of nitro groups is 1. The number of nitro benzene ring substituents is 1. The lowest BCUT2D eigenvalue weighted by molar-refractivity contribution is -0.384. The Morgan fingerprint density at radius 3 is 2.56 bits per heavy atom. The van der Waals surface area contributed by atoms with Crippen LogP contribution in [-0.2, 0) is 14.3 Å². The van der Waals surface area contributed by atoms with Crippen molar-refractivity contribution in [2.45, 2.75) is 13.0 Å². The molecule has 0 radical (unpaired) electrons. The van der Waals surface area contributed by atoms with Gasteiger partial charge in [-0.05, 0) is 36.8 Å². The molecule has 0 amide bonds. The molecule has 4 rings (SSSR count). The Bertz CT molecular complexity index is 1520. The largest absolute Gasteiger partial charge is 0.496 e. The zero-order valence-corrected chi connectivity index (χ0v) is 20.6. The monoisotopic (exact) mass is 509 g/mol. The molecule has 0 spiro atoms. The van der Waals surface area contributed by atoms with Crippen molar-refractivity contribution in [2.75, 3.05) is 27.4 Å². The van der Waals surface area contributed by atoms with E-state index in [1.54, 1.807) is 49.4 Å². The van der Waals surface area contributed by atoms with Gasteiger partial charge in [0, 0.05) is 24.8 Å². The first-order valence-corrected chi connectivity index (χ1v) is 11.7. The lowest BCUT2D eigenvalue weighted by Gasteiger charge is -2.26. The van der Waals surface area contributed by atoms with Crippen molar-refractivity contribution in [3.05, 3.63) is 101 Å². The van der Waals surface area contributed by atoms with Crippen LogP contribution in [0.2, 0.25) is 0 Å². The number of esters is 1. The molecule has 0 saturated heterocycles. The van der Waals surface area contributed by atoms with Gasteiger partial charge in [0.1, 0.15) is 18.4 Å². The molecule has 1 aromatic heterocycles. The average Bonchev–Trinajstić information content (AvgIpc) is 3.17. The number of carbonyl (C=O) groups is 1. The average molecular weight is 510 g/mol. The van der Waals surface area contributed by atoms with E-state index in [2.05, 4.69) is 4.99 Å². The molecule has 1 aliphatic rings. The molecule has 0 aliphatic carbocycles. The van der Waals surface area contributed by atoms with Gasteiger partial charge in [-0.2, -0.15) is 0 Å². The van der Waals surface area contributed by atoms with Crippen LogP contribution in [-0.4, -0.2) is 42.9 Å². The molecule has 1 aliphatic heterocycles. The third-order valence-electron chi connectivity index (χ3n) is 5.60. The highest BCUT2D eigenvalue weighted by atomic mass is 32.1. The van der Waals surface area contributed by atoms with Crippen LogP contribution in [0.3, 0.4) is 0 Å². The van der Waals surface area contributed by atoms with Gasteiger partial charge in [0.05, 0.1) is 34.4 Å². The normalized spacial score (nSPS) is 15.3. The van der Waals surface area contributed by atoms with Crippen LogP contribution >= 0.6 is 11.3 Å². The smallest absolute Gasteiger partial charge is 0.338 e. The second-order valence-electron chi connectivity index (χ2n) is 7.80. The van der Waals surface area contributed by atoms with Crippen LogP contribution in [0.5, 0.6) is 5.75 Å². The lowest BCUT2D eigenvalue weighted by atomic mass is 9.95. The Morgan fingerprint density at radius 1 is 1.17 bits per heavy atom. The van der Waals surface area contributed by atoms with Crippen molar-refractivity contribution in [1.29, 1.82) is 0 Å². The molecule has 0 bridgehead atoms. The fourth-order valence-corrected chi connectivity index (χ4v) is 4.95. The molecule has 3 aromatic rings. The number of hydrogen-bond donors (Lipinski definition) is 0. The molecular formula is C25H23N3O7S. The second-order valence-corrected chi connectivity index (χ2v) is 8.81. The van der Waals surface area contributed by atoms with E-state index in [9.17, 15) is 19.7 Å². The van der Waals surface area contributed by atoms with Crippen molar-refractivity contribution < 1.29 is 23.9 Å². The summed E-state index contributed by atoms with van der Waals surface area (Å²) in [5, 5.41) is 11.0. The van der Waals surface area contributed by atoms with E-state index in [-0.39, 0.29) is 30.0 Å². The van der Waals surface area contributed by atoms with Gasteiger partial charge in [-0.25, -0.2) is 9.79 Å². The topological polar surface area (TPSA) is 122 Å². The number of ether oxygens (including phenoxy) is 3. The predicted octanol–water partition coefficient (Wildman–Crippen LogP) is 2.34. The van der Waals surface area contributed by atoms with Crippen LogP contribution in [0.15, 0.2) is 69.6 Å². The first kappa shape index (κ1) is 25.0. The number of aromatic nitrogens is 1. The summed E-state index contributed by atoms with van der Waals surface area (Å²) in [6.45, 7) is 1.98. The molecule has 11 heteroatoms. The van der Waals surface area contributed by atoms with Crippen molar-refractivity contribution in [3.8, 4) is 5.75 Å². The molecule has 2 aromatic carbocycles. The van der Waals surface area contributed by atoms with E-state index in [1.807, 2.05) is 0 Å². The fraction of sp³-hybridized carbons (Fsp3) is 0.240. The van der Waals surface area contributed by atoms with E-state index < -0.39 is 16.9 Å². The van der Waals surface area contributed by atoms with E-state index in [0.717, 1.165) is 0 Å². The number of allylic oxidation sites excluding steroid dienone is 1. The first-order valence-electron chi connectivity index (χ1n) is 10.9. The highest BCUT2D eigenvalue weighted by Gasteiger charge is 2.35. The number of rotatable bonds is 8. The first-order chi connectivity index (χ1) is 17.3. The number of nitrogens with zero attached hydrogens (tertiary/aromatic N) is 3. The van der Waals surface area contributed by atoms with Gasteiger partial charge in [0.25, 0.3) is 11.2 Å². The van der Waals surface area contributed by atoms with Crippen LogP contribution < -0.4 is 19.6 Å². The molecule has 0 fully saturated rings. The zero-order chi connectivity index (χ0) is 25.8. The summed E-state index contributed by atoms with van der Waals surface area (Å²) in [6.07, 6.45) is 1.64. The van der Waals surface area contributed by atoms with Gasteiger partial charge in [0.15, 0.2) is 4.80 Å². The van der Waals surface area contributed by atoms with Crippen LogP contribution in [0.1, 0.15) is 24.1 Å². The zero-order valence-electron chi connectivity index (χ0n) is 19.8. The predicted molar refractivity (Wildman–Crippen MR) is 133 cm³/mol. The maximum Gasteiger partial charge on any atom is 0.338 e. The number of carbonyl (C=O) groups excluding carboxylic acids is 1. The van der Waals surface area contributed by atoms with Crippen LogP contribution in [0.4, 0.5) is 5.69 Å². The summed E-state index contributed by atoms with van der Waals surface area (Å²) < 4.78 is 17.8. The minimum Gasteiger partial charge on any atom is -0.496 e. The second kappa shape index (κ2) is 10.7. The lowest BCUT2D eigenvalue weighted by Crippen LogP contribution is -2.40. The van der Waals surface area contributed by atoms with E-state index in [4.69, 9.17) is 14.2 Å². The molecule has 10 nitrogen and oxygen atoms in total. The summed E-state index contributed by atoms with van der Waals surface area (Å²) in [5.41, 5.74) is 1.48. The minimum atomic E-state index is -0.827. The maximum absolute atomic E-state index is 13.7. The fourth-order valence-electron chi connectivity index (χ4n) is 3.91. The summed E-state index contributed by atoms with van der Waals surface area (Å²) in [5.74, 6) is -0.0989. The molecule has 186 valence electrons. The Hall–Kier alpha value is -4.09. The number of non-ortho nitro benzene ring substituents is 1. The molecular weight excluding hydrogens is 486 g/mol. The number of methoxy groups -OCH3 is 2. The third-order valence-corrected chi connectivity index (χ3v) is 6.58. The number of benzene rings is 2. The third kappa shape index (κ3) is 4.83. The quantitative estimate of drug-likeness (QED) is 0.198. The highest BCUT2D eigenvalue weighted by Crippen LogP contribution is 2.35. The Kier molecular flexibility index (Phi) is 7.41. The van der Waals surface area contributed by atoms with Crippen molar-refractivity contribution in [2.24, 2.45) is 4.99 Å². The van der Waals surface area contributed by atoms with Crippen molar-refractivity contribution in [1.82, 2.24) is 4.57 Å². The molecule has 36 heavy (non-hydrogen) atoms. The van der Waals surface area contributed by atoms with E-state index >= 15 is 0 Å². The number of fused-ring (bicyclic) bond motifs is 1. The van der Waals surface area contributed by atoms with Crippen LogP contribution in [0, 0.1) is 10.1 Å². The maximum atomic E-state index is 13.7. The van der Waals surface area contributed by atoms with Gasteiger partial charge in [-0.15, -0.1) is 0 Å². The standard InChI is InChI=1S/C25H23N3O7S/c1-15-21(24(30)35-13-12-33-2)22(18-6-4-5-7-19(18)34-3)27-23(29)20(36-25(27)26-15)14-16-8-10-17(11-9-16)28(31)32/h4-11,14,22H,12-13H2,1-3H3. The molecule has 0 saturated carbocycles. The number of para-hydroxylation sites is 1. The summed E-state index contributed by atoms with van der Waals surface area (Å²) in [7, 11) is 3.02. The summed E-state index contributed by atoms with van der Waals surface area (Å²) in [4.78, 5) is 42.2. The Balaban J connectivity index is 1.89.